The number of pyridine rings is 1. The van der Waals surface area contributed by atoms with E-state index in [1.165, 1.54) is 0 Å². The van der Waals surface area contributed by atoms with Crippen molar-refractivity contribution in [3.63, 3.8) is 0 Å². The van der Waals surface area contributed by atoms with E-state index >= 15 is 0 Å². The molecule has 1 heterocycles. The fourth-order valence-electron chi connectivity index (χ4n) is 0.721. The standard InChI is InChI=1S/C8H9BrN2.ClH/c1-2-7(10)6-3-4-8(9)11-5-6;/h2-5,7H,1,10H2;1H/t7-;/m0./s1. The number of rotatable bonds is 2. The van der Waals surface area contributed by atoms with Gasteiger partial charge < -0.3 is 5.73 Å². The van der Waals surface area contributed by atoms with E-state index in [-0.39, 0.29) is 18.4 Å². The van der Waals surface area contributed by atoms with Crippen LogP contribution in [0.2, 0.25) is 0 Å². The highest BCUT2D eigenvalue weighted by Crippen LogP contribution is 2.12. The quantitative estimate of drug-likeness (QED) is 0.646. The van der Waals surface area contributed by atoms with Gasteiger partial charge in [-0.05, 0) is 27.6 Å². The van der Waals surface area contributed by atoms with Crippen molar-refractivity contribution in [3.8, 4) is 0 Å². The Labute approximate surface area is 86.4 Å². The summed E-state index contributed by atoms with van der Waals surface area (Å²) in [7, 11) is 0. The highest BCUT2D eigenvalue weighted by Gasteiger charge is 1.99. The average molecular weight is 250 g/mol. The largest absolute Gasteiger partial charge is 0.321 e. The Morgan fingerprint density at radius 2 is 2.25 bits per heavy atom. The summed E-state index contributed by atoms with van der Waals surface area (Å²) < 4.78 is 0.817. The highest BCUT2D eigenvalue weighted by atomic mass is 79.9. The molecule has 1 rings (SSSR count). The summed E-state index contributed by atoms with van der Waals surface area (Å²) >= 11 is 3.24. The second-order valence-electron chi connectivity index (χ2n) is 2.18. The van der Waals surface area contributed by atoms with Crippen molar-refractivity contribution >= 4 is 28.3 Å². The molecule has 2 N–H and O–H groups in total. The molecule has 0 saturated heterocycles. The Bertz CT molecular complexity index is 248. The first-order chi connectivity index (χ1) is 5.24. The van der Waals surface area contributed by atoms with Crippen LogP contribution >= 0.6 is 28.3 Å². The second-order valence-corrected chi connectivity index (χ2v) is 2.99. The lowest BCUT2D eigenvalue weighted by atomic mass is 10.1. The zero-order valence-corrected chi connectivity index (χ0v) is 8.81. The highest BCUT2D eigenvalue weighted by molar-refractivity contribution is 9.10. The van der Waals surface area contributed by atoms with Gasteiger partial charge in [0, 0.05) is 12.2 Å². The van der Waals surface area contributed by atoms with Gasteiger partial charge in [0.25, 0.3) is 0 Å². The molecule has 0 amide bonds. The van der Waals surface area contributed by atoms with Crippen LogP contribution in [0.3, 0.4) is 0 Å². The fourth-order valence-corrected chi connectivity index (χ4v) is 0.955. The van der Waals surface area contributed by atoms with E-state index in [1.54, 1.807) is 12.3 Å². The van der Waals surface area contributed by atoms with Crippen LogP contribution in [0.25, 0.3) is 0 Å². The van der Waals surface area contributed by atoms with E-state index in [4.69, 9.17) is 5.73 Å². The lowest BCUT2D eigenvalue weighted by molar-refractivity contribution is 0.902. The van der Waals surface area contributed by atoms with E-state index in [9.17, 15) is 0 Å². The Kier molecular flexibility index (Phi) is 5.13. The fraction of sp³-hybridized carbons (Fsp3) is 0.125. The molecule has 1 aromatic rings. The second kappa shape index (κ2) is 5.30. The van der Waals surface area contributed by atoms with Crippen molar-refractivity contribution in [1.82, 2.24) is 4.98 Å². The molecule has 4 heteroatoms. The first-order valence-electron chi connectivity index (χ1n) is 3.23. The summed E-state index contributed by atoms with van der Waals surface area (Å²) in [5, 5.41) is 0. The molecule has 0 spiro atoms. The normalized spacial score (nSPS) is 11.5. The van der Waals surface area contributed by atoms with Crippen molar-refractivity contribution in [2.24, 2.45) is 5.73 Å². The van der Waals surface area contributed by atoms with Gasteiger partial charge in [-0.1, -0.05) is 12.1 Å². The first kappa shape index (κ1) is 11.6. The predicted octanol–water partition coefficient (Wildman–Crippen LogP) is 2.45. The van der Waals surface area contributed by atoms with Gasteiger partial charge in [-0.2, -0.15) is 0 Å². The minimum atomic E-state index is -0.115. The molecule has 0 aliphatic heterocycles. The minimum Gasteiger partial charge on any atom is -0.321 e. The van der Waals surface area contributed by atoms with Crippen LogP contribution in [-0.4, -0.2) is 4.98 Å². The number of halogens is 2. The molecule has 0 aromatic carbocycles. The molecule has 0 aliphatic carbocycles. The van der Waals surface area contributed by atoms with Crippen LogP contribution in [0.15, 0.2) is 35.6 Å². The third-order valence-electron chi connectivity index (χ3n) is 1.39. The number of nitrogens with zero attached hydrogens (tertiary/aromatic N) is 1. The van der Waals surface area contributed by atoms with Gasteiger partial charge in [0.15, 0.2) is 0 Å². The zero-order chi connectivity index (χ0) is 8.27. The van der Waals surface area contributed by atoms with E-state index in [0.717, 1.165) is 10.2 Å². The van der Waals surface area contributed by atoms with Crippen LogP contribution in [-0.2, 0) is 0 Å². The molecule has 12 heavy (non-hydrogen) atoms. The summed E-state index contributed by atoms with van der Waals surface area (Å²) in [6.07, 6.45) is 3.42. The lowest BCUT2D eigenvalue weighted by Gasteiger charge is -2.04. The lowest BCUT2D eigenvalue weighted by Crippen LogP contribution is -2.06. The molecule has 1 aromatic heterocycles. The van der Waals surface area contributed by atoms with Gasteiger partial charge in [0.2, 0.25) is 0 Å². The maximum absolute atomic E-state index is 5.67. The van der Waals surface area contributed by atoms with Crippen molar-refractivity contribution < 1.29 is 0 Å². The average Bonchev–Trinajstić information content (AvgIpc) is 2.05. The molecular formula is C8H10BrClN2. The smallest absolute Gasteiger partial charge is 0.106 e. The number of nitrogens with two attached hydrogens (primary N) is 1. The van der Waals surface area contributed by atoms with Gasteiger partial charge in [0.05, 0.1) is 0 Å². The van der Waals surface area contributed by atoms with Gasteiger partial charge in [-0.3, -0.25) is 0 Å². The molecule has 0 radical (unpaired) electrons. The van der Waals surface area contributed by atoms with E-state index in [0.29, 0.717) is 0 Å². The number of aromatic nitrogens is 1. The molecular weight excluding hydrogens is 239 g/mol. The van der Waals surface area contributed by atoms with Crippen LogP contribution in [0.4, 0.5) is 0 Å². The summed E-state index contributed by atoms with van der Waals surface area (Å²) in [6, 6.07) is 3.66. The Hall–Kier alpha value is -0.380. The molecule has 66 valence electrons. The molecule has 1 atom stereocenters. The summed E-state index contributed by atoms with van der Waals surface area (Å²) in [5.41, 5.74) is 6.65. The van der Waals surface area contributed by atoms with E-state index in [1.807, 2.05) is 12.1 Å². The SMILES string of the molecule is C=C[C@H](N)c1ccc(Br)nc1.Cl. The van der Waals surface area contributed by atoms with Crippen molar-refractivity contribution in [1.29, 1.82) is 0 Å². The van der Waals surface area contributed by atoms with Crippen LogP contribution in [0.5, 0.6) is 0 Å². The molecule has 0 fully saturated rings. The molecule has 2 nitrogen and oxygen atoms in total. The Balaban J connectivity index is 0.00000121. The molecule has 0 aliphatic rings. The Morgan fingerprint density at radius 1 is 1.58 bits per heavy atom. The van der Waals surface area contributed by atoms with Crippen molar-refractivity contribution in [2.45, 2.75) is 6.04 Å². The van der Waals surface area contributed by atoms with Gasteiger partial charge in [-0.15, -0.1) is 19.0 Å². The summed E-state index contributed by atoms with van der Waals surface area (Å²) in [4.78, 5) is 4.04. The van der Waals surface area contributed by atoms with Crippen molar-refractivity contribution in [3.05, 3.63) is 41.2 Å². The van der Waals surface area contributed by atoms with Gasteiger partial charge in [0.1, 0.15) is 4.60 Å². The van der Waals surface area contributed by atoms with Crippen LogP contribution in [0.1, 0.15) is 11.6 Å². The minimum absolute atomic E-state index is 0. The third kappa shape index (κ3) is 2.93. The monoisotopic (exact) mass is 248 g/mol. The predicted molar refractivity (Wildman–Crippen MR) is 56.3 cm³/mol. The van der Waals surface area contributed by atoms with Gasteiger partial charge in [-0.25, -0.2) is 4.98 Å². The van der Waals surface area contributed by atoms with E-state index in [2.05, 4.69) is 27.5 Å². The molecule has 0 bridgehead atoms. The Morgan fingerprint density at radius 3 is 2.67 bits per heavy atom. The topological polar surface area (TPSA) is 38.9 Å². The molecule has 0 saturated carbocycles. The number of hydrogen-bond donors (Lipinski definition) is 1. The molecule has 0 unspecified atom stereocenters. The van der Waals surface area contributed by atoms with Crippen LogP contribution in [0, 0.1) is 0 Å². The summed E-state index contributed by atoms with van der Waals surface area (Å²) in [6.45, 7) is 3.59. The van der Waals surface area contributed by atoms with Crippen LogP contribution < -0.4 is 5.73 Å². The summed E-state index contributed by atoms with van der Waals surface area (Å²) in [5.74, 6) is 0. The first-order valence-corrected chi connectivity index (χ1v) is 4.03. The number of hydrogen-bond acceptors (Lipinski definition) is 2. The maximum Gasteiger partial charge on any atom is 0.106 e. The van der Waals surface area contributed by atoms with Crippen molar-refractivity contribution in [2.75, 3.05) is 0 Å². The van der Waals surface area contributed by atoms with E-state index < -0.39 is 0 Å². The third-order valence-corrected chi connectivity index (χ3v) is 1.86. The van der Waals surface area contributed by atoms with Gasteiger partial charge >= 0.3 is 0 Å². The maximum atomic E-state index is 5.67. The zero-order valence-electron chi connectivity index (χ0n) is 6.40.